The van der Waals surface area contributed by atoms with Gasteiger partial charge < -0.3 is 9.84 Å². The van der Waals surface area contributed by atoms with Crippen LogP contribution in [0.4, 0.5) is 0 Å². The fraction of sp³-hybridized carbons (Fsp3) is 0.357. The third-order valence-corrected chi connectivity index (χ3v) is 3.51. The molecular weight excluding hydrogens is 308 g/mol. The number of nitrogens with zero attached hydrogens (tertiary/aromatic N) is 2. The van der Waals surface area contributed by atoms with E-state index < -0.39 is 6.10 Å². The Hall–Kier alpha value is -1.33. The SMILES string of the molecule is COc1ccc(Br)cc1C(O)CCc1cnn(C)c1. The van der Waals surface area contributed by atoms with Crippen molar-refractivity contribution in [3.8, 4) is 5.75 Å². The van der Waals surface area contributed by atoms with E-state index in [1.165, 1.54) is 0 Å². The van der Waals surface area contributed by atoms with Crippen molar-refractivity contribution in [2.24, 2.45) is 7.05 Å². The zero-order valence-electron chi connectivity index (χ0n) is 11.0. The highest BCUT2D eigenvalue weighted by molar-refractivity contribution is 9.10. The summed E-state index contributed by atoms with van der Waals surface area (Å²) in [6.07, 6.45) is 4.66. The summed E-state index contributed by atoms with van der Waals surface area (Å²) < 4.78 is 7.98. The zero-order valence-corrected chi connectivity index (χ0v) is 12.6. The van der Waals surface area contributed by atoms with E-state index in [0.717, 1.165) is 22.0 Å². The normalized spacial score (nSPS) is 12.4. The highest BCUT2D eigenvalue weighted by atomic mass is 79.9. The Morgan fingerprint density at radius 3 is 2.89 bits per heavy atom. The van der Waals surface area contributed by atoms with Crippen LogP contribution >= 0.6 is 15.9 Å². The first-order chi connectivity index (χ1) is 9.10. The lowest BCUT2D eigenvalue weighted by atomic mass is 10.0. The molecule has 5 heteroatoms. The van der Waals surface area contributed by atoms with Crippen molar-refractivity contribution >= 4 is 15.9 Å². The predicted molar refractivity (Wildman–Crippen MR) is 77.2 cm³/mol. The number of benzene rings is 1. The second-order valence-electron chi connectivity index (χ2n) is 4.46. The number of aromatic nitrogens is 2. The van der Waals surface area contributed by atoms with Gasteiger partial charge in [0.2, 0.25) is 0 Å². The Bertz CT molecular complexity index is 554. The molecule has 0 aliphatic rings. The molecule has 1 atom stereocenters. The molecule has 19 heavy (non-hydrogen) atoms. The Kier molecular flexibility index (Phi) is 4.61. The van der Waals surface area contributed by atoms with Crippen molar-refractivity contribution in [1.29, 1.82) is 0 Å². The third kappa shape index (κ3) is 3.58. The van der Waals surface area contributed by atoms with Gasteiger partial charge in [-0.1, -0.05) is 15.9 Å². The van der Waals surface area contributed by atoms with E-state index in [1.807, 2.05) is 37.6 Å². The van der Waals surface area contributed by atoms with Crippen molar-refractivity contribution in [1.82, 2.24) is 9.78 Å². The number of methoxy groups -OCH3 is 1. The number of hydrogen-bond acceptors (Lipinski definition) is 3. The minimum atomic E-state index is -0.548. The van der Waals surface area contributed by atoms with E-state index in [1.54, 1.807) is 11.8 Å². The molecule has 1 unspecified atom stereocenters. The van der Waals surface area contributed by atoms with Crippen LogP contribution in [0.2, 0.25) is 0 Å². The summed E-state index contributed by atoms with van der Waals surface area (Å²) >= 11 is 3.41. The van der Waals surface area contributed by atoms with Crippen molar-refractivity contribution in [2.75, 3.05) is 7.11 Å². The number of halogens is 1. The Morgan fingerprint density at radius 1 is 1.47 bits per heavy atom. The summed E-state index contributed by atoms with van der Waals surface area (Å²) in [7, 11) is 3.50. The topological polar surface area (TPSA) is 47.3 Å². The first-order valence-electron chi connectivity index (χ1n) is 6.09. The summed E-state index contributed by atoms with van der Waals surface area (Å²) in [5.74, 6) is 0.710. The first kappa shape index (κ1) is 14.1. The predicted octanol–water partition coefficient (Wildman–Crippen LogP) is 2.86. The van der Waals surface area contributed by atoms with E-state index in [-0.39, 0.29) is 0 Å². The average Bonchev–Trinajstić information content (AvgIpc) is 2.81. The summed E-state index contributed by atoms with van der Waals surface area (Å²) in [5, 5.41) is 14.4. The minimum absolute atomic E-state index is 0.548. The molecule has 2 aromatic rings. The lowest BCUT2D eigenvalue weighted by molar-refractivity contribution is 0.163. The Balaban J connectivity index is 2.06. The lowest BCUT2D eigenvalue weighted by Crippen LogP contribution is -2.02. The largest absolute Gasteiger partial charge is 0.496 e. The smallest absolute Gasteiger partial charge is 0.124 e. The zero-order chi connectivity index (χ0) is 13.8. The molecular formula is C14H17BrN2O2. The molecule has 0 saturated carbocycles. The quantitative estimate of drug-likeness (QED) is 0.919. The van der Waals surface area contributed by atoms with Gasteiger partial charge in [-0.15, -0.1) is 0 Å². The van der Waals surface area contributed by atoms with Gasteiger partial charge in [0, 0.05) is 23.3 Å². The van der Waals surface area contributed by atoms with Crippen LogP contribution in [-0.4, -0.2) is 22.0 Å². The maximum atomic E-state index is 10.3. The second kappa shape index (κ2) is 6.21. The van der Waals surface area contributed by atoms with E-state index in [0.29, 0.717) is 12.2 Å². The van der Waals surface area contributed by atoms with Gasteiger partial charge in [-0.05, 0) is 36.6 Å². The monoisotopic (exact) mass is 324 g/mol. The van der Waals surface area contributed by atoms with E-state index in [4.69, 9.17) is 4.74 Å². The molecule has 1 N–H and O–H groups in total. The fourth-order valence-electron chi connectivity index (χ4n) is 2.03. The van der Waals surface area contributed by atoms with Gasteiger partial charge in [0.15, 0.2) is 0 Å². The molecule has 0 fully saturated rings. The molecule has 0 bridgehead atoms. The molecule has 0 aliphatic carbocycles. The van der Waals surface area contributed by atoms with Crippen LogP contribution in [0.1, 0.15) is 23.7 Å². The lowest BCUT2D eigenvalue weighted by Gasteiger charge is -2.14. The van der Waals surface area contributed by atoms with Gasteiger partial charge in [-0.25, -0.2) is 0 Å². The Labute approximate surface area is 121 Å². The molecule has 102 valence electrons. The number of ether oxygens (including phenoxy) is 1. The van der Waals surface area contributed by atoms with Gasteiger partial charge in [0.25, 0.3) is 0 Å². The van der Waals surface area contributed by atoms with Gasteiger partial charge in [0.1, 0.15) is 5.75 Å². The molecule has 1 aromatic heterocycles. The Morgan fingerprint density at radius 2 is 2.26 bits per heavy atom. The summed E-state index contributed by atoms with van der Waals surface area (Å²) in [6, 6.07) is 5.65. The standard InChI is InChI=1S/C14H17BrN2O2/c1-17-9-10(8-16-17)3-5-13(18)12-7-11(15)4-6-14(12)19-2/h4,6-9,13,18H,3,5H2,1-2H3. The number of rotatable bonds is 5. The second-order valence-corrected chi connectivity index (χ2v) is 5.38. The molecule has 1 aromatic carbocycles. The van der Waals surface area contributed by atoms with Crippen molar-refractivity contribution < 1.29 is 9.84 Å². The number of aryl methyl sites for hydroxylation is 2. The number of aliphatic hydroxyl groups excluding tert-OH is 1. The van der Waals surface area contributed by atoms with E-state index in [2.05, 4.69) is 21.0 Å². The van der Waals surface area contributed by atoms with E-state index in [9.17, 15) is 5.11 Å². The maximum Gasteiger partial charge on any atom is 0.124 e. The van der Waals surface area contributed by atoms with Crippen LogP contribution in [0.15, 0.2) is 35.1 Å². The number of aliphatic hydroxyl groups is 1. The van der Waals surface area contributed by atoms with Crippen LogP contribution < -0.4 is 4.74 Å². The molecule has 0 aliphatic heterocycles. The van der Waals surface area contributed by atoms with Gasteiger partial charge >= 0.3 is 0 Å². The van der Waals surface area contributed by atoms with E-state index >= 15 is 0 Å². The van der Waals surface area contributed by atoms with Gasteiger partial charge in [0.05, 0.1) is 19.4 Å². The van der Waals surface area contributed by atoms with Crippen molar-refractivity contribution in [3.63, 3.8) is 0 Å². The molecule has 0 spiro atoms. The van der Waals surface area contributed by atoms with Gasteiger partial charge in [-0.2, -0.15) is 5.10 Å². The average molecular weight is 325 g/mol. The van der Waals surface area contributed by atoms with Crippen LogP contribution in [0.3, 0.4) is 0 Å². The van der Waals surface area contributed by atoms with Crippen molar-refractivity contribution in [3.05, 3.63) is 46.2 Å². The molecule has 0 radical (unpaired) electrons. The highest BCUT2D eigenvalue weighted by Gasteiger charge is 2.14. The first-order valence-corrected chi connectivity index (χ1v) is 6.88. The summed E-state index contributed by atoms with van der Waals surface area (Å²) in [4.78, 5) is 0. The number of hydrogen-bond donors (Lipinski definition) is 1. The molecule has 0 amide bonds. The molecule has 2 rings (SSSR count). The van der Waals surface area contributed by atoms with Gasteiger partial charge in [-0.3, -0.25) is 4.68 Å². The summed E-state index contributed by atoms with van der Waals surface area (Å²) in [5.41, 5.74) is 1.93. The fourth-order valence-corrected chi connectivity index (χ4v) is 2.40. The van der Waals surface area contributed by atoms with Crippen LogP contribution in [0.5, 0.6) is 5.75 Å². The van der Waals surface area contributed by atoms with Crippen molar-refractivity contribution in [2.45, 2.75) is 18.9 Å². The van der Waals surface area contributed by atoms with Crippen LogP contribution in [0.25, 0.3) is 0 Å². The minimum Gasteiger partial charge on any atom is -0.496 e. The molecule has 0 saturated heterocycles. The third-order valence-electron chi connectivity index (χ3n) is 3.02. The summed E-state index contributed by atoms with van der Waals surface area (Å²) in [6.45, 7) is 0. The van der Waals surface area contributed by atoms with Crippen LogP contribution in [-0.2, 0) is 13.5 Å². The molecule has 4 nitrogen and oxygen atoms in total. The highest BCUT2D eigenvalue weighted by Crippen LogP contribution is 2.30. The van der Waals surface area contributed by atoms with Crippen LogP contribution in [0, 0.1) is 0 Å². The molecule has 1 heterocycles. The maximum absolute atomic E-state index is 10.3.